The molecule has 116 valence electrons. The molecule has 0 fully saturated rings. The maximum atomic E-state index is 5.74. The number of ether oxygens (including phenoxy) is 1. The average Bonchev–Trinajstić information content (AvgIpc) is 2.41. The lowest BCUT2D eigenvalue weighted by Crippen LogP contribution is -2.03. The second kappa shape index (κ2) is 10.0. The highest BCUT2D eigenvalue weighted by atomic mass is 16.5. The molecule has 1 aliphatic rings. The van der Waals surface area contributed by atoms with Crippen LogP contribution in [0, 0.1) is 5.41 Å². The minimum atomic E-state index is 0.510. The quantitative estimate of drug-likeness (QED) is 0.482. The van der Waals surface area contributed by atoms with E-state index in [-0.39, 0.29) is 0 Å². The van der Waals surface area contributed by atoms with Crippen LogP contribution in [0.2, 0.25) is 0 Å². The SMILES string of the molecule is CC(C)(C)CCCCCCCCCOC1=CC=NCC1. The number of dihydropyridines is 1. The maximum absolute atomic E-state index is 5.74. The summed E-state index contributed by atoms with van der Waals surface area (Å²) in [6.45, 7) is 8.77. The number of rotatable bonds is 10. The zero-order chi connectivity index (χ0) is 14.7. The first-order chi connectivity index (χ1) is 9.58. The summed E-state index contributed by atoms with van der Waals surface area (Å²) in [7, 11) is 0. The molecule has 0 radical (unpaired) electrons. The zero-order valence-corrected chi connectivity index (χ0v) is 13.8. The van der Waals surface area contributed by atoms with Gasteiger partial charge in [-0.25, -0.2) is 0 Å². The molecule has 2 heteroatoms. The first kappa shape index (κ1) is 17.3. The Hall–Kier alpha value is -0.790. The van der Waals surface area contributed by atoms with E-state index in [0.717, 1.165) is 25.3 Å². The number of hydrogen-bond donors (Lipinski definition) is 0. The topological polar surface area (TPSA) is 21.6 Å². The second-order valence-corrected chi connectivity index (χ2v) is 7.07. The first-order valence-corrected chi connectivity index (χ1v) is 8.40. The third-order valence-electron chi connectivity index (χ3n) is 3.71. The van der Waals surface area contributed by atoms with E-state index in [2.05, 4.69) is 25.8 Å². The van der Waals surface area contributed by atoms with Gasteiger partial charge in [0.1, 0.15) is 0 Å². The summed E-state index contributed by atoms with van der Waals surface area (Å²) in [5, 5.41) is 0. The Morgan fingerprint density at radius 3 is 2.25 bits per heavy atom. The summed E-state index contributed by atoms with van der Waals surface area (Å²) in [4.78, 5) is 4.15. The van der Waals surface area contributed by atoms with Gasteiger partial charge in [0.15, 0.2) is 0 Å². The van der Waals surface area contributed by atoms with Crippen molar-refractivity contribution in [2.24, 2.45) is 10.4 Å². The molecule has 0 atom stereocenters. The van der Waals surface area contributed by atoms with Gasteiger partial charge in [-0.2, -0.15) is 0 Å². The fraction of sp³-hybridized carbons (Fsp3) is 0.833. The van der Waals surface area contributed by atoms with Gasteiger partial charge in [-0.3, -0.25) is 4.99 Å². The summed E-state index contributed by atoms with van der Waals surface area (Å²) < 4.78 is 5.74. The summed E-state index contributed by atoms with van der Waals surface area (Å²) in [6.07, 6.45) is 15.6. The molecule has 0 bridgehead atoms. The van der Waals surface area contributed by atoms with E-state index >= 15 is 0 Å². The molecule has 0 N–H and O–H groups in total. The summed E-state index contributed by atoms with van der Waals surface area (Å²) in [5.74, 6) is 1.11. The molecule has 0 aromatic heterocycles. The van der Waals surface area contributed by atoms with Crippen molar-refractivity contribution in [2.75, 3.05) is 13.2 Å². The summed E-state index contributed by atoms with van der Waals surface area (Å²) >= 11 is 0. The van der Waals surface area contributed by atoms with E-state index < -0.39 is 0 Å². The van der Waals surface area contributed by atoms with Gasteiger partial charge in [-0.15, -0.1) is 0 Å². The summed E-state index contributed by atoms with van der Waals surface area (Å²) in [5.41, 5.74) is 0.510. The Morgan fingerprint density at radius 1 is 1.00 bits per heavy atom. The smallest absolute Gasteiger partial charge is 0.0993 e. The van der Waals surface area contributed by atoms with Gasteiger partial charge in [-0.1, -0.05) is 59.3 Å². The lowest BCUT2D eigenvalue weighted by Gasteiger charge is -2.17. The molecule has 0 saturated heterocycles. The average molecular weight is 279 g/mol. The predicted octanol–water partition coefficient (Wildman–Crippen LogP) is 5.53. The molecule has 1 heterocycles. The van der Waals surface area contributed by atoms with Crippen LogP contribution in [0.5, 0.6) is 0 Å². The Bertz CT molecular complexity index is 299. The van der Waals surface area contributed by atoms with E-state index in [1.807, 2.05) is 12.3 Å². The number of nitrogens with zero attached hydrogens (tertiary/aromatic N) is 1. The third kappa shape index (κ3) is 10.1. The van der Waals surface area contributed by atoms with E-state index in [9.17, 15) is 0 Å². The van der Waals surface area contributed by atoms with Gasteiger partial charge in [0.2, 0.25) is 0 Å². The lowest BCUT2D eigenvalue weighted by atomic mass is 9.89. The molecule has 20 heavy (non-hydrogen) atoms. The number of hydrogen-bond acceptors (Lipinski definition) is 2. The molecule has 0 saturated carbocycles. The fourth-order valence-electron chi connectivity index (χ4n) is 2.43. The van der Waals surface area contributed by atoms with Crippen LogP contribution in [0.25, 0.3) is 0 Å². The van der Waals surface area contributed by atoms with Gasteiger partial charge in [0.05, 0.1) is 12.4 Å². The lowest BCUT2D eigenvalue weighted by molar-refractivity contribution is 0.196. The van der Waals surface area contributed by atoms with Crippen LogP contribution in [-0.4, -0.2) is 19.4 Å². The van der Waals surface area contributed by atoms with Crippen LogP contribution in [-0.2, 0) is 4.74 Å². The normalized spacial score (nSPS) is 15.2. The summed E-state index contributed by atoms with van der Waals surface area (Å²) in [6, 6.07) is 0. The minimum Gasteiger partial charge on any atom is -0.498 e. The van der Waals surface area contributed by atoms with Crippen molar-refractivity contribution < 1.29 is 4.74 Å². The molecule has 0 amide bonds. The highest BCUT2D eigenvalue weighted by Crippen LogP contribution is 2.22. The standard InChI is InChI=1S/C18H33NO/c1-18(2,3)13-9-7-5-4-6-8-10-16-20-17-11-14-19-15-12-17/h11,14H,4-10,12-13,15-16H2,1-3H3. The zero-order valence-electron chi connectivity index (χ0n) is 13.8. The van der Waals surface area contributed by atoms with Crippen molar-refractivity contribution in [1.82, 2.24) is 0 Å². The van der Waals surface area contributed by atoms with E-state index in [0.29, 0.717) is 5.41 Å². The van der Waals surface area contributed by atoms with Crippen LogP contribution in [0.3, 0.4) is 0 Å². The predicted molar refractivity (Wildman–Crippen MR) is 88.4 cm³/mol. The van der Waals surface area contributed by atoms with Crippen molar-refractivity contribution in [3.05, 3.63) is 11.8 Å². The second-order valence-electron chi connectivity index (χ2n) is 7.07. The molecule has 1 rings (SSSR count). The molecular formula is C18H33NO. The van der Waals surface area contributed by atoms with Gasteiger partial charge in [0, 0.05) is 19.2 Å². The Kier molecular flexibility index (Phi) is 8.64. The van der Waals surface area contributed by atoms with E-state index in [1.54, 1.807) is 0 Å². The third-order valence-corrected chi connectivity index (χ3v) is 3.71. The van der Waals surface area contributed by atoms with Crippen molar-refractivity contribution in [1.29, 1.82) is 0 Å². The number of unbranched alkanes of at least 4 members (excludes halogenated alkanes) is 6. The molecular weight excluding hydrogens is 246 g/mol. The largest absolute Gasteiger partial charge is 0.498 e. The molecule has 0 unspecified atom stereocenters. The van der Waals surface area contributed by atoms with Gasteiger partial charge in [-0.05, 0) is 24.3 Å². The van der Waals surface area contributed by atoms with E-state index in [4.69, 9.17) is 4.74 Å². The molecule has 0 spiro atoms. The van der Waals surface area contributed by atoms with Crippen molar-refractivity contribution in [3.8, 4) is 0 Å². The highest BCUT2D eigenvalue weighted by Gasteiger charge is 2.08. The van der Waals surface area contributed by atoms with Crippen LogP contribution < -0.4 is 0 Å². The fourth-order valence-corrected chi connectivity index (χ4v) is 2.43. The van der Waals surface area contributed by atoms with Crippen LogP contribution in [0.1, 0.15) is 78.6 Å². The van der Waals surface area contributed by atoms with Crippen molar-refractivity contribution >= 4 is 6.21 Å². The molecule has 0 aliphatic carbocycles. The molecule has 0 aromatic carbocycles. The Morgan fingerprint density at radius 2 is 1.65 bits per heavy atom. The van der Waals surface area contributed by atoms with Gasteiger partial charge < -0.3 is 4.74 Å². The molecule has 0 aromatic rings. The van der Waals surface area contributed by atoms with Crippen LogP contribution in [0.15, 0.2) is 16.8 Å². The van der Waals surface area contributed by atoms with Gasteiger partial charge in [0.25, 0.3) is 0 Å². The maximum Gasteiger partial charge on any atom is 0.0993 e. The van der Waals surface area contributed by atoms with Crippen molar-refractivity contribution in [3.63, 3.8) is 0 Å². The van der Waals surface area contributed by atoms with Crippen LogP contribution in [0.4, 0.5) is 0 Å². The minimum absolute atomic E-state index is 0.510. The monoisotopic (exact) mass is 279 g/mol. The number of allylic oxidation sites excluding steroid dienone is 1. The Labute approximate surface area is 125 Å². The molecule has 1 aliphatic heterocycles. The molecule has 2 nitrogen and oxygen atoms in total. The number of aliphatic imine (C=N–C) groups is 1. The van der Waals surface area contributed by atoms with Crippen LogP contribution >= 0.6 is 0 Å². The van der Waals surface area contributed by atoms with Gasteiger partial charge >= 0.3 is 0 Å². The first-order valence-electron chi connectivity index (χ1n) is 8.40. The van der Waals surface area contributed by atoms with E-state index in [1.165, 1.54) is 51.4 Å². The highest BCUT2D eigenvalue weighted by molar-refractivity contribution is 5.72. The van der Waals surface area contributed by atoms with Crippen molar-refractivity contribution in [2.45, 2.75) is 78.6 Å². The Balaban J connectivity index is 1.81.